The molecule has 0 aromatic heterocycles. The van der Waals surface area contributed by atoms with Crippen molar-refractivity contribution in [2.45, 2.75) is 58.2 Å². The van der Waals surface area contributed by atoms with Gasteiger partial charge in [0.1, 0.15) is 11.9 Å². The van der Waals surface area contributed by atoms with E-state index in [0.29, 0.717) is 18.6 Å². The Morgan fingerprint density at radius 2 is 1.95 bits per heavy atom. The van der Waals surface area contributed by atoms with Crippen LogP contribution in [0.2, 0.25) is 0 Å². The van der Waals surface area contributed by atoms with Gasteiger partial charge in [0.25, 0.3) is 0 Å². The van der Waals surface area contributed by atoms with Crippen LogP contribution in [-0.4, -0.2) is 35.6 Å². The molecule has 1 aromatic carbocycles. The fourth-order valence-electron chi connectivity index (χ4n) is 3.04. The molecule has 0 radical (unpaired) electrons. The van der Waals surface area contributed by atoms with E-state index in [2.05, 4.69) is 18.7 Å². The second kappa shape index (κ2) is 7.03. The van der Waals surface area contributed by atoms with Crippen LogP contribution >= 0.6 is 0 Å². The van der Waals surface area contributed by atoms with E-state index in [1.54, 1.807) is 12.1 Å². The van der Waals surface area contributed by atoms with E-state index in [4.69, 9.17) is 4.74 Å². The average molecular weight is 293 g/mol. The smallest absolute Gasteiger partial charge is 0.341 e. The van der Waals surface area contributed by atoms with Gasteiger partial charge in [0.15, 0.2) is 0 Å². The van der Waals surface area contributed by atoms with Crippen molar-refractivity contribution in [3.8, 4) is 0 Å². The van der Waals surface area contributed by atoms with Crippen molar-refractivity contribution in [1.29, 1.82) is 0 Å². The van der Waals surface area contributed by atoms with Crippen molar-refractivity contribution in [3.63, 3.8) is 0 Å². The Balaban J connectivity index is 1.93. The fourth-order valence-corrected chi connectivity index (χ4v) is 3.04. The van der Waals surface area contributed by atoms with Gasteiger partial charge >= 0.3 is 5.97 Å². The van der Waals surface area contributed by atoms with Crippen LogP contribution in [0.1, 0.15) is 50.4 Å². The van der Waals surface area contributed by atoms with Crippen molar-refractivity contribution in [3.05, 3.63) is 35.6 Å². The highest BCUT2D eigenvalue weighted by atomic mass is 19.1. The first-order valence-electron chi connectivity index (χ1n) is 7.70. The molecule has 3 nitrogen and oxygen atoms in total. The molecule has 0 unspecified atom stereocenters. The predicted octanol–water partition coefficient (Wildman–Crippen LogP) is 3.63. The number of hydrogen-bond donors (Lipinski definition) is 0. The number of carbonyl (C=O) groups is 1. The number of rotatable bonds is 4. The first kappa shape index (κ1) is 16.0. The molecule has 1 aromatic rings. The number of halogens is 1. The summed E-state index contributed by atoms with van der Waals surface area (Å²) in [6.45, 7) is 6.98. The minimum atomic E-state index is -0.585. The largest absolute Gasteiger partial charge is 0.458 e. The van der Waals surface area contributed by atoms with Crippen LogP contribution in [0.3, 0.4) is 0 Å². The Morgan fingerprint density at radius 1 is 1.33 bits per heavy atom. The van der Waals surface area contributed by atoms with Gasteiger partial charge in [0.05, 0.1) is 5.56 Å². The zero-order chi connectivity index (χ0) is 15.4. The van der Waals surface area contributed by atoms with Gasteiger partial charge in [0.2, 0.25) is 0 Å². The standard InChI is InChI=1S/C17H24FNO2/c1-12-7-6-8-13(2)19(12)11-14(3)21-17(20)15-9-4-5-10-16(15)18/h4-5,9-10,12-14H,6-8,11H2,1-3H3/t12-,13-,14-/m0/s1. The summed E-state index contributed by atoms with van der Waals surface area (Å²) in [4.78, 5) is 14.4. The van der Waals surface area contributed by atoms with E-state index in [1.165, 1.54) is 31.4 Å². The number of likely N-dealkylation sites (tertiary alicyclic amines) is 1. The summed E-state index contributed by atoms with van der Waals surface area (Å²) in [5.41, 5.74) is 0.00379. The van der Waals surface area contributed by atoms with E-state index in [-0.39, 0.29) is 11.7 Å². The molecule has 1 saturated heterocycles. The number of benzene rings is 1. The number of ether oxygens (including phenoxy) is 1. The average Bonchev–Trinajstić information content (AvgIpc) is 2.43. The summed E-state index contributed by atoms with van der Waals surface area (Å²) < 4.78 is 19.0. The third-order valence-electron chi connectivity index (χ3n) is 4.25. The summed E-state index contributed by atoms with van der Waals surface area (Å²) in [6, 6.07) is 6.94. The van der Waals surface area contributed by atoms with E-state index >= 15 is 0 Å². The van der Waals surface area contributed by atoms with Crippen LogP contribution < -0.4 is 0 Å². The third kappa shape index (κ3) is 4.03. The lowest BCUT2D eigenvalue weighted by atomic mass is 9.97. The first-order valence-corrected chi connectivity index (χ1v) is 7.70. The third-order valence-corrected chi connectivity index (χ3v) is 4.25. The number of piperidine rings is 1. The molecule has 3 atom stereocenters. The maximum absolute atomic E-state index is 13.6. The lowest BCUT2D eigenvalue weighted by Crippen LogP contribution is -2.47. The molecule has 0 N–H and O–H groups in total. The van der Waals surface area contributed by atoms with Crippen LogP contribution in [0.5, 0.6) is 0 Å². The van der Waals surface area contributed by atoms with Crippen molar-refractivity contribution in [1.82, 2.24) is 4.90 Å². The van der Waals surface area contributed by atoms with Crippen LogP contribution in [0.4, 0.5) is 4.39 Å². The Hall–Kier alpha value is -1.42. The second-order valence-corrected chi connectivity index (χ2v) is 6.02. The number of carbonyl (C=O) groups excluding carboxylic acids is 1. The molecule has 1 heterocycles. The highest BCUT2D eigenvalue weighted by Crippen LogP contribution is 2.23. The van der Waals surface area contributed by atoms with E-state index < -0.39 is 11.8 Å². The topological polar surface area (TPSA) is 29.5 Å². The Labute approximate surface area is 126 Å². The maximum atomic E-state index is 13.6. The highest BCUT2D eigenvalue weighted by Gasteiger charge is 2.27. The minimum Gasteiger partial charge on any atom is -0.458 e. The molecule has 0 saturated carbocycles. The Morgan fingerprint density at radius 3 is 2.57 bits per heavy atom. The lowest BCUT2D eigenvalue weighted by Gasteiger charge is -2.40. The number of nitrogens with zero attached hydrogens (tertiary/aromatic N) is 1. The Kier molecular flexibility index (Phi) is 5.34. The summed E-state index contributed by atoms with van der Waals surface area (Å²) in [5, 5.41) is 0. The lowest BCUT2D eigenvalue weighted by molar-refractivity contribution is 0.00775. The van der Waals surface area contributed by atoms with Crippen molar-refractivity contribution < 1.29 is 13.9 Å². The molecular weight excluding hydrogens is 269 g/mol. The van der Waals surface area contributed by atoms with Crippen LogP contribution in [0.25, 0.3) is 0 Å². The molecule has 0 amide bonds. The van der Waals surface area contributed by atoms with Gasteiger partial charge in [-0.3, -0.25) is 4.90 Å². The van der Waals surface area contributed by atoms with Crippen molar-refractivity contribution >= 4 is 5.97 Å². The SMILES string of the molecule is C[C@@H](CN1[C@@H](C)CCC[C@@H]1C)OC(=O)c1ccccc1F. The molecule has 0 spiro atoms. The fraction of sp³-hybridized carbons (Fsp3) is 0.588. The van der Waals surface area contributed by atoms with Gasteiger partial charge in [0, 0.05) is 18.6 Å². The monoisotopic (exact) mass is 293 g/mol. The molecule has 0 bridgehead atoms. The molecule has 116 valence electrons. The van der Waals surface area contributed by atoms with Gasteiger partial charge in [-0.1, -0.05) is 18.6 Å². The summed E-state index contributed by atoms with van der Waals surface area (Å²) in [7, 11) is 0. The van der Waals surface area contributed by atoms with E-state index in [0.717, 1.165) is 0 Å². The molecule has 21 heavy (non-hydrogen) atoms. The molecule has 4 heteroatoms. The molecule has 1 aliphatic rings. The molecule has 1 aliphatic heterocycles. The predicted molar refractivity (Wildman–Crippen MR) is 80.8 cm³/mol. The quantitative estimate of drug-likeness (QED) is 0.794. The van der Waals surface area contributed by atoms with Crippen molar-refractivity contribution in [2.75, 3.05) is 6.54 Å². The van der Waals surface area contributed by atoms with Crippen LogP contribution in [-0.2, 0) is 4.74 Å². The van der Waals surface area contributed by atoms with Gasteiger partial charge < -0.3 is 4.74 Å². The zero-order valence-corrected chi connectivity index (χ0v) is 13.0. The van der Waals surface area contributed by atoms with Gasteiger partial charge in [-0.2, -0.15) is 0 Å². The van der Waals surface area contributed by atoms with Gasteiger partial charge in [-0.15, -0.1) is 0 Å². The van der Waals surface area contributed by atoms with Gasteiger partial charge in [-0.25, -0.2) is 9.18 Å². The molecule has 1 fully saturated rings. The first-order chi connectivity index (χ1) is 9.99. The van der Waals surface area contributed by atoms with E-state index in [1.807, 2.05) is 6.92 Å². The second-order valence-electron chi connectivity index (χ2n) is 6.02. The van der Waals surface area contributed by atoms with Crippen LogP contribution in [0, 0.1) is 5.82 Å². The normalized spacial score (nSPS) is 24.6. The minimum absolute atomic E-state index is 0.00379. The zero-order valence-electron chi connectivity index (χ0n) is 13.0. The van der Waals surface area contributed by atoms with Crippen LogP contribution in [0.15, 0.2) is 24.3 Å². The summed E-state index contributed by atoms with van der Waals surface area (Å²) >= 11 is 0. The van der Waals surface area contributed by atoms with Gasteiger partial charge in [-0.05, 0) is 45.7 Å². The molecular formula is C17H24FNO2. The van der Waals surface area contributed by atoms with E-state index in [9.17, 15) is 9.18 Å². The highest BCUT2D eigenvalue weighted by molar-refractivity contribution is 5.89. The number of esters is 1. The molecule has 2 rings (SSSR count). The maximum Gasteiger partial charge on any atom is 0.341 e. The summed E-state index contributed by atoms with van der Waals surface area (Å²) in [5.74, 6) is -1.12. The summed E-state index contributed by atoms with van der Waals surface area (Å²) in [6.07, 6.45) is 3.36. The molecule has 0 aliphatic carbocycles. The Bertz CT molecular complexity index is 481. The number of hydrogen-bond acceptors (Lipinski definition) is 3. The van der Waals surface area contributed by atoms with Crippen molar-refractivity contribution in [2.24, 2.45) is 0 Å².